The van der Waals surface area contributed by atoms with Gasteiger partial charge in [0.25, 0.3) is 5.91 Å². The summed E-state index contributed by atoms with van der Waals surface area (Å²) in [5, 5.41) is 9.85. The molecule has 0 aliphatic carbocycles. The summed E-state index contributed by atoms with van der Waals surface area (Å²) in [6.45, 7) is 0.113. The molecule has 1 aromatic carbocycles. The van der Waals surface area contributed by atoms with E-state index < -0.39 is 23.9 Å². The Kier molecular flexibility index (Phi) is 4.07. The van der Waals surface area contributed by atoms with Crippen LogP contribution in [0.3, 0.4) is 0 Å². The first-order chi connectivity index (χ1) is 10.9. The number of hydrogen-bond donors (Lipinski definition) is 1. The number of alkyl halides is 3. The summed E-state index contributed by atoms with van der Waals surface area (Å²) in [4.78, 5) is 13.8. The van der Waals surface area contributed by atoms with Crippen molar-refractivity contribution in [2.75, 3.05) is 6.54 Å². The van der Waals surface area contributed by atoms with Gasteiger partial charge in [-0.2, -0.15) is 21.9 Å². The maximum atomic E-state index is 12.6. The topological polar surface area (TPSA) is 66.3 Å². The normalized spacial score (nSPS) is 21.7. The zero-order valence-corrected chi connectivity index (χ0v) is 12.5. The average Bonchev–Trinajstić information content (AvgIpc) is 3.15. The summed E-state index contributed by atoms with van der Waals surface area (Å²) in [5.74, 6) is -0.389. The number of halogens is 3. The standard InChI is InChI=1S/C14H12F3N3O2S/c15-14(16,17)9-3-1-8(2-4-9)12-5-10(21)7-20(12)13(22)11-6-18-23-19-11/h1-4,6,10,12,21H,5,7H2. The Labute approximate surface area is 133 Å². The molecule has 2 aromatic rings. The van der Waals surface area contributed by atoms with Crippen LogP contribution in [-0.2, 0) is 6.18 Å². The third-order valence-electron chi connectivity index (χ3n) is 3.74. The second kappa shape index (κ2) is 5.89. The quantitative estimate of drug-likeness (QED) is 0.910. The molecule has 0 radical (unpaired) electrons. The molecule has 0 spiro atoms. The van der Waals surface area contributed by atoms with Gasteiger partial charge in [-0.25, -0.2) is 0 Å². The molecule has 1 aliphatic heterocycles. The van der Waals surface area contributed by atoms with Gasteiger partial charge in [0.05, 0.1) is 35.6 Å². The lowest BCUT2D eigenvalue weighted by Crippen LogP contribution is -2.32. The van der Waals surface area contributed by atoms with Gasteiger partial charge in [0.2, 0.25) is 0 Å². The van der Waals surface area contributed by atoms with Crippen LogP contribution >= 0.6 is 11.7 Å². The van der Waals surface area contributed by atoms with E-state index in [0.29, 0.717) is 5.56 Å². The first kappa shape index (κ1) is 15.9. The Morgan fingerprint density at radius 2 is 2.00 bits per heavy atom. The zero-order valence-electron chi connectivity index (χ0n) is 11.7. The third kappa shape index (κ3) is 3.20. The number of aliphatic hydroxyl groups excluding tert-OH is 1. The number of nitrogens with zero attached hydrogens (tertiary/aromatic N) is 3. The van der Waals surface area contributed by atoms with Crippen molar-refractivity contribution in [2.45, 2.75) is 24.7 Å². The molecule has 1 aromatic heterocycles. The number of rotatable bonds is 2. The summed E-state index contributed by atoms with van der Waals surface area (Å²) >= 11 is 0.894. The van der Waals surface area contributed by atoms with Gasteiger partial charge in [-0.1, -0.05) is 12.1 Å². The van der Waals surface area contributed by atoms with Crippen LogP contribution in [0.2, 0.25) is 0 Å². The minimum atomic E-state index is -4.41. The summed E-state index contributed by atoms with van der Waals surface area (Å²) in [6.07, 6.45) is -3.52. The Morgan fingerprint density at radius 1 is 1.30 bits per heavy atom. The van der Waals surface area contributed by atoms with Crippen molar-refractivity contribution >= 4 is 17.6 Å². The molecule has 1 N–H and O–H groups in total. The van der Waals surface area contributed by atoms with Crippen LogP contribution in [0.15, 0.2) is 30.5 Å². The van der Waals surface area contributed by atoms with Gasteiger partial charge in [0, 0.05) is 6.54 Å². The number of carbonyl (C=O) groups excluding carboxylic acids is 1. The second-order valence-corrected chi connectivity index (χ2v) is 5.83. The second-order valence-electron chi connectivity index (χ2n) is 5.28. The van der Waals surface area contributed by atoms with Crippen molar-refractivity contribution in [3.8, 4) is 0 Å². The minimum absolute atomic E-state index is 0.113. The molecule has 0 saturated carbocycles. The molecule has 1 aliphatic rings. The van der Waals surface area contributed by atoms with E-state index in [1.807, 2.05) is 0 Å². The lowest BCUT2D eigenvalue weighted by Gasteiger charge is -2.24. The molecule has 2 heterocycles. The molecule has 1 amide bonds. The van der Waals surface area contributed by atoms with E-state index in [0.717, 1.165) is 23.9 Å². The number of aromatic nitrogens is 2. The van der Waals surface area contributed by atoms with Gasteiger partial charge in [-0.3, -0.25) is 4.79 Å². The average molecular weight is 343 g/mol. The molecule has 122 valence electrons. The van der Waals surface area contributed by atoms with Crippen molar-refractivity contribution in [2.24, 2.45) is 0 Å². The van der Waals surface area contributed by atoms with E-state index in [9.17, 15) is 23.1 Å². The number of amides is 1. The Balaban J connectivity index is 1.86. The molecule has 0 bridgehead atoms. The van der Waals surface area contributed by atoms with Gasteiger partial charge >= 0.3 is 6.18 Å². The molecule has 2 unspecified atom stereocenters. The van der Waals surface area contributed by atoms with Crippen molar-refractivity contribution in [1.82, 2.24) is 13.6 Å². The summed E-state index contributed by atoms with van der Waals surface area (Å²) < 4.78 is 45.5. The van der Waals surface area contributed by atoms with E-state index in [4.69, 9.17) is 0 Å². The number of carbonyl (C=O) groups is 1. The van der Waals surface area contributed by atoms with E-state index in [1.54, 1.807) is 0 Å². The van der Waals surface area contributed by atoms with Gasteiger partial charge < -0.3 is 10.0 Å². The predicted molar refractivity (Wildman–Crippen MR) is 75.8 cm³/mol. The fourth-order valence-corrected chi connectivity index (χ4v) is 3.06. The first-order valence-corrected chi connectivity index (χ1v) is 7.53. The highest BCUT2D eigenvalue weighted by molar-refractivity contribution is 6.99. The zero-order chi connectivity index (χ0) is 16.6. The maximum absolute atomic E-state index is 12.6. The smallest absolute Gasteiger partial charge is 0.391 e. The fraction of sp³-hybridized carbons (Fsp3) is 0.357. The lowest BCUT2D eigenvalue weighted by atomic mass is 10.0. The van der Waals surface area contributed by atoms with E-state index in [-0.39, 0.29) is 24.6 Å². The van der Waals surface area contributed by atoms with Crippen LogP contribution in [0, 0.1) is 0 Å². The highest BCUT2D eigenvalue weighted by atomic mass is 32.1. The van der Waals surface area contributed by atoms with Crippen molar-refractivity contribution in [1.29, 1.82) is 0 Å². The Hall–Kier alpha value is -2.00. The third-order valence-corrected chi connectivity index (χ3v) is 4.22. The fourth-order valence-electron chi connectivity index (χ4n) is 2.65. The van der Waals surface area contributed by atoms with E-state index in [2.05, 4.69) is 8.75 Å². The summed E-state index contributed by atoms with van der Waals surface area (Å²) in [5.41, 5.74) is -0.0338. The molecule has 5 nitrogen and oxygen atoms in total. The molecule has 9 heteroatoms. The number of benzene rings is 1. The van der Waals surface area contributed by atoms with Gasteiger partial charge in [-0.05, 0) is 24.1 Å². The van der Waals surface area contributed by atoms with Crippen LogP contribution in [-0.4, -0.2) is 37.3 Å². The number of β-amino-alcohol motifs (C(OH)–C–C–N with tert-alkyl or cyclic N) is 1. The molecular formula is C14H12F3N3O2S. The molecule has 23 heavy (non-hydrogen) atoms. The number of likely N-dealkylation sites (tertiary alicyclic amines) is 1. The van der Waals surface area contributed by atoms with Crippen molar-refractivity contribution in [3.05, 3.63) is 47.3 Å². The Bertz CT molecular complexity index is 688. The highest BCUT2D eigenvalue weighted by Gasteiger charge is 2.37. The molecule has 1 saturated heterocycles. The summed E-state index contributed by atoms with van der Waals surface area (Å²) in [6, 6.07) is 4.15. The van der Waals surface area contributed by atoms with Crippen LogP contribution in [0.25, 0.3) is 0 Å². The van der Waals surface area contributed by atoms with Gasteiger partial charge in [-0.15, -0.1) is 0 Å². The molecule has 1 fully saturated rings. The monoisotopic (exact) mass is 343 g/mol. The SMILES string of the molecule is O=C(c1cnsn1)N1CC(O)CC1c1ccc(C(F)(F)F)cc1. The number of hydrogen-bond acceptors (Lipinski definition) is 5. The summed E-state index contributed by atoms with van der Waals surface area (Å²) in [7, 11) is 0. The van der Waals surface area contributed by atoms with Crippen LogP contribution in [0.1, 0.15) is 34.1 Å². The van der Waals surface area contributed by atoms with Crippen molar-refractivity contribution < 1.29 is 23.1 Å². The van der Waals surface area contributed by atoms with Crippen LogP contribution in [0.4, 0.5) is 13.2 Å². The predicted octanol–water partition coefficient (Wildman–Crippen LogP) is 2.51. The van der Waals surface area contributed by atoms with E-state index >= 15 is 0 Å². The maximum Gasteiger partial charge on any atom is 0.416 e. The highest BCUT2D eigenvalue weighted by Crippen LogP contribution is 2.35. The lowest BCUT2D eigenvalue weighted by molar-refractivity contribution is -0.137. The van der Waals surface area contributed by atoms with Crippen LogP contribution < -0.4 is 0 Å². The van der Waals surface area contributed by atoms with E-state index in [1.165, 1.54) is 23.2 Å². The van der Waals surface area contributed by atoms with Gasteiger partial charge in [0.1, 0.15) is 0 Å². The Morgan fingerprint density at radius 3 is 2.57 bits per heavy atom. The molecule has 2 atom stereocenters. The minimum Gasteiger partial charge on any atom is -0.391 e. The van der Waals surface area contributed by atoms with Crippen molar-refractivity contribution in [3.63, 3.8) is 0 Å². The first-order valence-electron chi connectivity index (χ1n) is 6.80. The molecular weight excluding hydrogens is 331 g/mol. The van der Waals surface area contributed by atoms with Gasteiger partial charge in [0.15, 0.2) is 5.69 Å². The largest absolute Gasteiger partial charge is 0.416 e. The van der Waals surface area contributed by atoms with Crippen LogP contribution in [0.5, 0.6) is 0 Å². The molecule has 3 rings (SSSR count). The number of aliphatic hydroxyl groups is 1.